The monoisotopic (exact) mass is 341 g/mol. The molecule has 130 valence electrons. The molecule has 0 radical (unpaired) electrons. The predicted octanol–water partition coefficient (Wildman–Crippen LogP) is 3.39. The summed E-state index contributed by atoms with van der Waals surface area (Å²) >= 11 is 0. The molecule has 3 aromatic rings. The molecule has 0 spiro atoms. The number of benzene rings is 1. The average Bonchev–Trinajstić information content (AvgIpc) is 3.29. The van der Waals surface area contributed by atoms with Gasteiger partial charge in [-0.05, 0) is 12.1 Å². The maximum absolute atomic E-state index is 12.3. The SMILES string of the molecule is COc1cccc(-c2cc(CNC(=O)c3ncoc3C(C)C)no2)c1. The van der Waals surface area contributed by atoms with E-state index >= 15 is 0 Å². The van der Waals surface area contributed by atoms with Gasteiger partial charge in [-0.15, -0.1) is 0 Å². The fraction of sp³-hybridized carbons (Fsp3) is 0.278. The minimum absolute atomic E-state index is 0.0787. The molecule has 3 rings (SSSR count). The topological polar surface area (TPSA) is 90.4 Å². The first kappa shape index (κ1) is 16.8. The van der Waals surface area contributed by atoms with Crippen LogP contribution in [0.2, 0.25) is 0 Å². The third-order valence-electron chi connectivity index (χ3n) is 3.68. The number of nitrogens with zero attached hydrogens (tertiary/aromatic N) is 2. The Kier molecular flexibility index (Phi) is 4.83. The predicted molar refractivity (Wildman–Crippen MR) is 90.3 cm³/mol. The maximum Gasteiger partial charge on any atom is 0.273 e. The lowest BCUT2D eigenvalue weighted by Crippen LogP contribution is -2.24. The molecule has 0 aliphatic rings. The molecule has 0 fully saturated rings. The standard InChI is InChI=1S/C18H19N3O4/c1-11(2)17-16(20-10-24-17)18(22)19-9-13-8-15(25-21-13)12-5-4-6-14(7-12)23-3/h4-8,10-11H,9H2,1-3H3,(H,19,22). The van der Waals surface area contributed by atoms with Crippen LogP contribution in [-0.2, 0) is 6.54 Å². The summed E-state index contributed by atoms with van der Waals surface area (Å²) in [5.74, 6) is 1.68. The molecule has 7 heteroatoms. The van der Waals surface area contributed by atoms with Crippen molar-refractivity contribution in [3.63, 3.8) is 0 Å². The molecule has 0 bridgehead atoms. The summed E-state index contributed by atoms with van der Waals surface area (Å²) in [5, 5.41) is 6.76. The van der Waals surface area contributed by atoms with Crippen molar-refractivity contribution in [3.8, 4) is 17.1 Å². The van der Waals surface area contributed by atoms with Gasteiger partial charge in [-0.25, -0.2) is 4.98 Å². The Morgan fingerprint density at radius 2 is 2.16 bits per heavy atom. The maximum atomic E-state index is 12.3. The van der Waals surface area contributed by atoms with Crippen LogP contribution in [-0.4, -0.2) is 23.2 Å². The van der Waals surface area contributed by atoms with Crippen molar-refractivity contribution in [2.45, 2.75) is 26.3 Å². The molecule has 2 heterocycles. The van der Waals surface area contributed by atoms with Gasteiger partial charge < -0.3 is 19.0 Å². The summed E-state index contributed by atoms with van der Waals surface area (Å²) in [4.78, 5) is 16.2. The number of oxazole rings is 1. The van der Waals surface area contributed by atoms with Crippen LogP contribution in [0.25, 0.3) is 11.3 Å². The second-order valence-corrected chi connectivity index (χ2v) is 5.82. The van der Waals surface area contributed by atoms with E-state index in [-0.39, 0.29) is 18.4 Å². The van der Waals surface area contributed by atoms with E-state index in [0.717, 1.165) is 11.3 Å². The molecule has 0 atom stereocenters. The molecule has 7 nitrogen and oxygen atoms in total. The number of hydrogen-bond acceptors (Lipinski definition) is 6. The molecule has 0 unspecified atom stereocenters. The van der Waals surface area contributed by atoms with Crippen LogP contribution in [0.15, 0.2) is 45.7 Å². The van der Waals surface area contributed by atoms with E-state index in [9.17, 15) is 4.79 Å². The van der Waals surface area contributed by atoms with Gasteiger partial charge in [0.15, 0.2) is 17.8 Å². The Morgan fingerprint density at radius 1 is 1.32 bits per heavy atom. The van der Waals surface area contributed by atoms with Crippen molar-refractivity contribution < 1.29 is 18.5 Å². The zero-order valence-corrected chi connectivity index (χ0v) is 14.3. The normalized spacial score (nSPS) is 10.9. The number of carbonyl (C=O) groups excluding carboxylic acids is 1. The van der Waals surface area contributed by atoms with Crippen LogP contribution in [0, 0.1) is 0 Å². The van der Waals surface area contributed by atoms with Crippen LogP contribution in [0.4, 0.5) is 0 Å². The summed E-state index contributed by atoms with van der Waals surface area (Å²) in [6, 6.07) is 9.26. The Labute approximate surface area is 145 Å². The Balaban J connectivity index is 1.67. The fourth-order valence-electron chi connectivity index (χ4n) is 2.40. The van der Waals surface area contributed by atoms with Crippen molar-refractivity contribution >= 4 is 5.91 Å². The molecule has 1 amide bonds. The van der Waals surface area contributed by atoms with E-state index in [4.69, 9.17) is 13.7 Å². The van der Waals surface area contributed by atoms with Gasteiger partial charge in [0.2, 0.25) is 0 Å². The molecule has 1 N–H and O–H groups in total. The third kappa shape index (κ3) is 3.71. The van der Waals surface area contributed by atoms with Crippen LogP contribution in [0.1, 0.15) is 41.7 Å². The minimum atomic E-state index is -0.302. The first-order valence-corrected chi connectivity index (χ1v) is 7.90. The van der Waals surface area contributed by atoms with Crippen molar-refractivity contribution in [3.05, 3.63) is 53.9 Å². The van der Waals surface area contributed by atoms with Gasteiger partial charge in [-0.1, -0.05) is 31.1 Å². The van der Waals surface area contributed by atoms with E-state index in [1.807, 2.05) is 38.1 Å². The second kappa shape index (κ2) is 7.21. The highest BCUT2D eigenvalue weighted by Crippen LogP contribution is 2.24. The summed E-state index contributed by atoms with van der Waals surface area (Å²) in [6.45, 7) is 4.11. The number of methoxy groups -OCH3 is 1. The lowest BCUT2D eigenvalue weighted by atomic mass is 10.1. The lowest BCUT2D eigenvalue weighted by molar-refractivity contribution is 0.0943. The summed E-state index contributed by atoms with van der Waals surface area (Å²) in [7, 11) is 1.61. The van der Waals surface area contributed by atoms with Gasteiger partial charge in [-0.2, -0.15) is 0 Å². The fourth-order valence-corrected chi connectivity index (χ4v) is 2.40. The van der Waals surface area contributed by atoms with Crippen LogP contribution in [0.5, 0.6) is 5.75 Å². The Morgan fingerprint density at radius 3 is 2.92 bits per heavy atom. The molecule has 2 aromatic heterocycles. The Bertz CT molecular complexity index is 867. The highest BCUT2D eigenvalue weighted by molar-refractivity contribution is 5.93. The smallest absolute Gasteiger partial charge is 0.273 e. The molecule has 0 saturated carbocycles. The van der Waals surface area contributed by atoms with Gasteiger partial charge in [0.1, 0.15) is 17.2 Å². The average molecular weight is 341 g/mol. The van der Waals surface area contributed by atoms with E-state index in [2.05, 4.69) is 15.5 Å². The molecular weight excluding hydrogens is 322 g/mol. The van der Waals surface area contributed by atoms with Gasteiger partial charge >= 0.3 is 0 Å². The molecule has 0 saturated heterocycles. The van der Waals surface area contributed by atoms with Gasteiger partial charge in [0, 0.05) is 17.5 Å². The Hall–Kier alpha value is -3.09. The van der Waals surface area contributed by atoms with Crippen LogP contribution >= 0.6 is 0 Å². The third-order valence-corrected chi connectivity index (χ3v) is 3.68. The van der Waals surface area contributed by atoms with Gasteiger partial charge in [0.25, 0.3) is 5.91 Å². The van der Waals surface area contributed by atoms with E-state index in [1.54, 1.807) is 13.2 Å². The van der Waals surface area contributed by atoms with Gasteiger partial charge in [-0.3, -0.25) is 4.79 Å². The van der Waals surface area contributed by atoms with Crippen molar-refractivity contribution in [1.29, 1.82) is 0 Å². The molecular formula is C18H19N3O4. The summed E-state index contributed by atoms with van der Waals surface area (Å²) < 4.78 is 15.8. The number of ether oxygens (including phenoxy) is 1. The van der Waals surface area contributed by atoms with E-state index in [0.29, 0.717) is 22.9 Å². The van der Waals surface area contributed by atoms with Gasteiger partial charge in [0.05, 0.1) is 13.7 Å². The van der Waals surface area contributed by atoms with Crippen LogP contribution in [0.3, 0.4) is 0 Å². The zero-order chi connectivity index (χ0) is 17.8. The first-order chi connectivity index (χ1) is 12.1. The lowest BCUT2D eigenvalue weighted by Gasteiger charge is -2.04. The van der Waals surface area contributed by atoms with Crippen molar-refractivity contribution in [2.24, 2.45) is 0 Å². The second-order valence-electron chi connectivity index (χ2n) is 5.82. The van der Waals surface area contributed by atoms with Crippen LogP contribution < -0.4 is 10.1 Å². The first-order valence-electron chi connectivity index (χ1n) is 7.90. The number of hydrogen-bond donors (Lipinski definition) is 1. The number of carbonyl (C=O) groups is 1. The zero-order valence-electron chi connectivity index (χ0n) is 14.3. The number of amides is 1. The summed E-state index contributed by atoms with van der Waals surface area (Å²) in [6.07, 6.45) is 1.28. The largest absolute Gasteiger partial charge is 0.497 e. The number of rotatable bonds is 6. The minimum Gasteiger partial charge on any atom is -0.497 e. The van der Waals surface area contributed by atoms with Crippen molar-refractivity contribution in [2.75, 3.05) is 7.11 Å². The highest BCUT2D eigenvalue weighted by Gasteiger charge is 2.19. The van der Waals surface area contributed by atoms with E-state index in [1.165, 1.54) is 6.39 Å². The quantitative estimate of drug-likeness (QED) is 0.739. The molecule has 0 aliphatic heterocycles. The number of aromatic nitrogens is 2. The van der Waals surface area contributed by atoms with E-state index < -0.39 is 0 Å². The molecule has 1 aromatic carbocycles. The van der Waals surface area contributed by atoms with Crippen molar-refractivity contribution in [1.82, 2.24) is 15.5 Å². The number of nitrogens with one attached hydrogen (secondary N) is 1. The summed E-state index contributed by atoms with van der Waals surface area (Å²) in [5.41, 5.74) is 1.76. The molecule has 0 aliphatic carbocycles. The highest BCUT2D eigenvalue weighted by atomic mass is 16.5. The molecule has 25 heavy (non-hydrogen) atoms.